The van der Waals surface area contributed by atoms with E-state index in [1.807, 2.05) is 31.2 Å². The topological polar surface area (TPSA) is 78.9 Å². The van der Waals surface area contributed by atoms with Crippen molar-refractivity contribution in [2.75, 3.05) is 13.1 Å². The van der Waals surface area contributed by atoms with Crippen LogP contribution in [0, 0.1) is 11.8 Å². The fraction of sp³-hybridized carbons (Fsp3) is 0.579. The average Bonchev–Trinajstić information content (AvgIpc) is 2.56. The third-order valence-corrected chi connectivity index (χ3v) is 5.04. The Bertz CT molecular complexity index is 630. The Labute approximate surface area is 148 Å². The molecule has 1 aromatic carbocycles. The predicted octanol–water partition coefficient (Wildman–Crippen LogP) is 2.87. The van der Waals surface area contributed by atoms with Gasteiger partial charge in [-0.3, -0.25) is 4.79 Å². The Morgan fingerprint density at radius 2 is 2.04 bits per heavy atom. The van der Waals surface area contributed by atoms with Gasteiger partial charge in [-0.05, 0) is 37.7 Å². The van der Waals surface area contributed by atoms with Gasteiger partial charge in [0, 0.05) is 25.2 Å². The summed E-state index contributed by atoms with van der Waals surface area (Å²) in [7, 11) is 0. The summed E-state index contributed by atoms with van der Waals surface area (Å²) in [6, 6.07) is 7.54. The lowest BCUT2D eigenvalue weighted by atomic mass is 9.91. The second kappa shape index (κ2) is 7.76. The predicted molar refractivity (Wildman–Crippen MR) is 93.4 cm³/mol. The molecule has 1 aliphatic heterocycles. The van der Waals surface area contributed by atoms with E-state index < -0.39 is 11.9 Å². The number of benzene rings is 1. The highest BCUT2D eigenvalue weighted by Gasteiger charge is 2.31. The summed E-state index contributed by atoms with van der Waals surface area (Å²) < 4.78 is 5.98. The summed E-state index contributed by atoms with van der Waals surface area (Å²) in [5.74, 6) is -0.301. The van der Waals surface area contributed by atoms with Gasteiger partial charge in [0.2, 0.25) is 0 Å². The molecule has 6 nitrogen and oxygen atoms in total. The van der Waals surface area contributed by atoms with Crippen molar-refractivity contribution in [2.24, 2.45) is 11.8 Å². The molecule has 25 heavy (non-hydrogen) atoms. The molecule has 0 radical (unpaired) electrons. The first-order chi connectivity index (χ1) is 12.0. The smallest absolute Gasteiger partial charge is 0.317 e. The largest absolute Gasteiger partial charge is 0.490 e. The number of nitrogens with zero attached hydrogens (tertiary/aromatic N) is 1. The summed E-state index contributed by atoms with van der Waals surface area (Å²) in [6.07, 6.45) is 4.29. The minimum absolute atomic E-state index is 0.190. The quantitative estimate of drug-likeness (QED) is 0.859. The number of urea groups is 1. The van der Waals surface area contributed by atoms with Crippen molar-refractivity contribution in [1.82, 2.24) is 10.2 Å². The van der Waals surface area contributed by atoms with Crippen LogP contribution in [0.25, 0.3) is 0 Å². The molecule has 2 atom stereocenters. The molecule has 2 aliphatic rings. The summed E-state index contributed by atoms with van der Waals surface area (Å²) in [6.45, 7) is 3.23. The Morgan fingerprint density at radius 3 is 2.72 bits per heavy atom. The maximum Gasteiger partial charge on any atom is 0.317 e. The van der Waals surface area contributed by atoms with E-state index in [4.69, 9.17) is 4.74 Å². The van der Waals surface area contributed by atoms with Crippen LogP contribution in [0.4, 0.5) is 4.79 Å². The summed E-state index contributed by atoms with van der Waals surface area (Å²) in [4.78, 5) is 25.3. The Morgan fingerprint density at radius 1 is 1.28 bits per heavy atom. The van der Waals surface area contributed by atoms with Crippen molar-refractivity contribution in [1.29, 1.82) is 0 Å². The summed E-state index contributed by atoms with van der Waals surface area (Å²) in [5.41, 5.74) is 0.947. The SMILES string of the molecule is CC1CC(C(=O)O)CN(C(=O)NCc2ccccc2OC2CCC2)C1. The molecule has 2 fully saturated rings. The molecule has 2 amide bonds. The number of amides is 2. The standard InChI is InChI=1S/C19H26N2O4/c1-13-9-15(18(22)23)12-21(11-13)19(24)20-10-14-5-2-3-8-17(14)25-16-6-4-7-16/h2-3,5,8,13,15-16H,4,6-7,9-12H2,1H3,(H,20,24)(H,22,23). The number of carbonyl (C=O) groups is 2. The second-order valence-electron chi connectivity index (χ2n) is 7.22. The van der Waals surface area contributed by atoms with Crippen molar-refractivity contribution < 1.29 is 19.4 Å². The normalized spacial score (nSPS) is 23.6. The molecule has 3 rings (SSSR count). The minimum atomic E-state index is -0.830. The number of likely N-dealkylation sites (tertiary alicyclic amines) is 1. The van der Waals surface area contributed by atoms with E-state index in [2.05, 4.69) is 5.32 Å². The average molecular weight is 346 g/mol. The summed E-state index contributed by atoms with van der Waals surface area (Å²) in [5, 5.41) is 12.2. The second-order valence-corrected chi connectivity index (χ2v) is 7.22. The molecule has 0 aromatic heterocycles. The van der Waals surface area contributed by atoms with Gasteiger partial charge in [-0.15, -0.1) is 0 Å². The van der Waals surface area contributed by atoms with Gasteiger partial charge in [0.1, 0.15) is 5.75 Å². The van der Waals surface area contributed by atoms with Crippen molar-refractivity contribution in [2.45, 2.75) is 45.3 Å². The van der Waals surface area contributed by atoms with Gasteiger partial charge in [0.15, 0.2) is 0 Å². The molecule has 1 aromatic rings. The number of hydrogen-bond acceptors (Lipinski definition) is 3. The lowest BCUT2D eigenvalue weighted by Gasteiger charge is -2.34. The van der Waals surface area contributed by atoms with Gasteiger partial charge in [-0.2, -0.15) is 0 Å². The zero-order valence-electron chi connectivity index (χ0n) is 14.6. The summed E-state index contributed by atoms with van der Waals surface area (Å²) >= 11 is 0. The van der Waals surface area contributed by atoms with Gasteiger partial charge >= 0.3 is 12.0 Å². The highest BCUT2D eigenvalue weighted by atomic mass is 16.5. The van der Waals surface area contributed by atoms with Crippen LogP contribution in [0.5, 0.6) is 5.75 Å². The monoisotopic (exact) mass is 346 g/mol. The van der Waals surface area contributed by atoms with Crippen LogP contribution in [-0.4, -0.2) is 41.2 Å². The first-order valence-electron chi connectivity index (χ1n) is 9.03. The van der Waals surface area contributed by atoms with Crippen LogP contribution in [0.3, 0.4) is 0 Å². The molecule has 6 heteroatoms. The first kappa shape index (κ1) is 17.6. The lowest BCUT2D eigenvalue weighted by Crippen LogP contribution is -2.49. The number of aliphatic carboxylic acids is 1. The maximum atomic E-state index is 12.5. The number of hydrogen-bond donors (Lipinski definition) is 2. The van der Waals surface area contributed by atoms with Crippen LogP contribution in [-0.2, 0) is 11.3 Å². The third-order valence-electron chi connectivity index (χ3n) is 5.04. The lowest BCUT2D eigenvalue weighted by molar-refractivity contribution is -0.143. The molecule has 1 saturated carbocycles. The first-order valence-corrected chi connectivity index (χ1v) is 9.03. The van der Waals surface area contributed by atoms with Crippen LogP contribution in [0.1, 0.15) is 38.2 Å². The molecule has 2 N–H and O–H groups in total. The van der Waals surface area contributed by atoms with Crippen molar-refractivity contribution in [3.63, 3.8) is 0 Å². The van der Waals surface area contributed by atoms with E-state index >= 15 is 0 Å². The number of piperidine rings is 1. The fourth-order valence-electron chi connectivity index (χ4n) is 3.41. The number of ether oxygens (including phenoxy) is 1. The maximum absolute atomic E-state index is 12.5. The fourth-order valence-corrected chi connectivity index (χ4v) is 3.41. The molecule has 1 heterocycles. The van der Waals surface area contributed by atoms with Crippen LogP contribution < -0.4 is 10.1 Å². The van der Waals surface area contributed by atoms with Crippen molar-refractivity contribution in [3.8, 4) is 5.75 Å². The number of rotatable bonds is 5. The van der Waals surface area contributed by atoms with E-state index in [-0.39, 0.29) is 24.6 Å². The van der Waals surface area contributed by atoms with E-state index in [9.17, 15) is 14.7 Å². The number of carboxylic acid groups (broad SMARTS) is 1. The van der Waals surface area contributed by atoms with Crippen LogP contribution >= 0.6 is 0 Å². The third kappa shape index (κ3) is 4.44. The Kier molecular flexibility index (Phi) is 5.46. The molecule has 136 valence electrons. The molecular formula is C19H26N2O4. The van der Waals surface area contributed by atoms with E-state index in [1.54, 1.807) is 4.90 Å². The number of carboxylic acids is 1. The molecule has 2 unspecified atom stereocenters. The van der Waals surface area contributed by atoms with Crippen molar-refractivity contribution in [3.05, 3.63) is 29.8 Å². The minimum Gasteiger partial charge on any atom is -0.490 e. The van der Waals surface area contributed by atoms with Crippen LogP contribution in [0.2, 0.25) is 0 Å². The number of nitrogens with one attached hydrogen (secondary N) is 1. The number of para-hydroxylation sites is 1. The van der Waals surface area contributed by atoms with Crippen LogP contribution in [0.15, 0.2) is 24.3 Å². The van der Waals surface area contributed by atoms with Gasteiger partial charge in [-0.1, -0.05) is 25.1 Å². The molecule has 0 bridgehead atoms. The van der Waals surface area contributed by atoms with Gasteiger partial charge < -0.3 is 20.1 Å². The highest BCUT2D eigenvalue weighted by Crippen LogP contribution is 2.27. The Hall–Kier alpha value is -2.24. The zero-order chi connectivity index (χ0) is 17.8. The Balaban J connectivity index is 1.57. The van der Waals surface area contributed by atoms with E-state index in [1.165, 1.54) is 6.42 Å². The zero-order valence-corrected chi connectivity index (χ0v) is 14.6. The molecule has 1 aliphatic carbocycles. The number of carbonyl (C=O) groups excluding carboxylic acids is 1. The highest BCUT2D eigenvalue weighted by molar-refractivity contribution is 5.76. The van der Waals surface area contributed by atoms with Crippen molar-refractivity contribution >= 4 is 12.0 Å². The van der Waals surface area contributed by atoms with E-state index in [0.717, 1.165) is 24.2 Å². The molecule has 1 saturated heterocycles. The van der Waals surface area contributed by atoms with E-state index in [0.29, 0.717) is 19.5 Å². The molecule has 0 spiro atoms. The van der Waals surface area contributed by atoms with Gasteiger partial charge in [0.05, 0.1) is 12.0 Å². The van der Waals surface area contributed by atoms with Gasteiger partial charge in [0.25, 0.3) is 0 Å². The molecular weight excluding hydrogens is 320 g/mol. The van der Waals surface area contributed by atoms with Gasteiger partial charge in [-0.25, -0.2) is 4.79 Å².